The first-order chi connectivity index (χ1) is 7.25. The summed E-state index contributed by atoms with van der Waals surface area (Å²) >= 11 is 3.31. The van der Waals surface area contributed by atoms with Gasteiger partial charge in [-0.2, -0.15) is 0 Å². The number of hydrogen-bond acceptors (Lipinski definition) is 1. The van der Waals surface area contributed by atoms with Gasteiger partial charge < -0.3 is 5.43 Å². The highest BCUT2D eigenvalue weighted by Gasteiger charge is 2.01. The van der Waals surface area contributed by atoms with Gasteiger partial charge in [-0.3, -0.25) is 4.68 Å². The van der Waals surface area contributed by atoms with Crippen LogP contribution in [-0.2, 0) is 6.54 Å². The van der Waals surface area contributed by atoms with Crippen molar-refractivity contribution >= 4 is 15.9 Å². The molecule has 0 amide bonds. The van der Waals surface area contributed by atoms with Gasteiger partial charge in [-0.05, 0) is 30.3 Å². The average molecular weight is 269 g/mol. The Labute approximate surface area is 95.8 Å². The molecule has 15 heavy (non-hydrogen) atoms. The third-order valence-electron chi connectivity index (χ3n) is 2.06. The Morgan fingerprint density at radius 1 is 1.27 bits per heavy atom. The van der Waals surface area contributed by atoms with Crippen molar-refractivity contribution in [1.29, 1.82) is 0 Å². The summed E-state index contributed by atoms with van der Waals surface area (Å²) in [7, 11) is 0. The molecule has 78 valence electrons. The Morgan fingerprint density at radius 3 is 2.73 bits per heavy atom. The summed E-state index contributed by atoms with van der Waals surface area (Å²) in [4.78, 5) is 0. The van der Waals surface area contributed by atoms with Crippen molar-refractivity contribution in [3.63, 3.8) is 0 Å². The van der Waals surface area contributed by atoms with Gasteiger partial charge >= 0.3 is 0 Å². The zero-order valence-electron chi connectivity index (χ0n) is 7.95. The molecule has 2 aromatic rings. The maximum atomic E-state index is 13.3. The molecule has 4 heteroatoms. The summed E-state index contributed by atoms with van der Waals surface area (Å²) in [5, 5.41) is 0. The number of nitrogens with one attached hydrogen (secondary N) is 1. The lowest BCUT2D eigenvalue weighted by Gasteiger charge is -2.08. The molecule has 0 atom stereocenters. The van der Waals surface area contributed by atoms with Crippen LogP contribution in [0.2, 0.25) is 0 Å². The normalized spacial score (nSPS) is 10.3. The fourth-order valence-corrected chi connectivity index (χ4v) is 1.70. The van der Waals surface area contributed by atoms with Gasteiger partial charge in [-0.1, -0.05) is 15.9 Å². The third kappa shape index (κ3) is 2.59. The molecule has 1 N–H and O–H groups in total. The highest BCUT2D eigenvalue weighted by molar-refractivity contribution is 9.10. The minimum absolute atomic E-state index is 0.196. The van der Waals surface area contributed by atoms with Crippen LogP contribution in [0.1, 0.15) is 5.56 Å². The van der Waals surface area contributed by atoms with Gasteiger partial charge in [0, 0.05) is 22.4 Å². The van der Waals surface area contributed by atoms with Crippen LogP contribution in [0.15, 0.2) is 47.2 Å². The van der Waals surface area contributed by atoms with E-state index in [1.807, 2.05) is 24.5 Å². The molecule has 1 aromatic carbocycles. The van der Waals surface area contributed by atoms with Crippen LogP contribution >= 0.6 is 15.9 Å². The summed E-state index contributed by atoms with van der Waals surface area (Å²) < 4.78 is 16.0. The second-order valence-electron chi connectivity index (χ2n) is 3.16. The van der Waals surface area contributed by atoms with Crippen molar-refractivity contribution < 1.29 is 4.39 Å². The van der Waals surface area contributed by atoms with Gasteiger partial charge in [0.25, 0.3) is 0 Å². The molecule has 1 heterocycles. The van der Waals surface area contributed by atoms with E-state index in [-0.39, 0.29) is 5.82 Å². The van der Waals surface area contributed by atoms with Gasteiger partial charge in [0.15, 0.2) is 0 Å². The van der Waals surface area contributed by atoms with Gasteiger partial charge in [-0.15, -0.1) is 0 Å². The third-order valence-corrected chi connectivity index (χ3v) is 2.56. The topological polar surface area (TPSA) is 17.0 Å². The van der Waals surface area contributed by atoms with Gasteiger partial charge in [0.05, 0.1) is 6.54 Å². The van der Waals surface area contributed by atoms with Gasteiger partial charge in [-0.25, -0.2) is 4.39 Å². The predicted octanol–water partition coefficient (Wildman–Crippen LogP) is 3.13. The Kier molecular flexibility index (Phi) is 3.06. The molecule has 0 fully saturated rings. The van der Waals surface area contributed by atoms with Crippen molar-refractivity contribution in [2.24, 2.45) is 0 Å². The van der Waals surface area contributed by atoms with Crippen molar-refractivity contribution in [3.8, 4) is 0 Å². The highest BCUT2D eigenvalue weighted by Crippen LogP contribution is 2.15. The van der Waals surface area contributed by atoms with Crippen molar-refractivity contribution in [2.45, 2.75) is 6.54 Å². The van der Waals surface area contributed by atoms with Crippen LogP contribution < -0.4 is 5.43 Å². The molecule has 0 aliphatic rings. The van der Waals surface area contributed by atoms with E-state index in [0.29, 0.717) is 12.1 Å². The molecular formula is C11H10BrFN2. The van der Waals surface area contributed by atoms with Crippen molar-refractivity contribution in [1.82, 2.24) is 4.68 Å². The maximum absolute atomic E-state index is 13.3. The predicted molar refractivity (Wildman–Crippen MR) is 61.6 cm³/mol. The lowest BCUT2D eigenvalue weighted by atomic mass is 10.2. The number of hydrogen-bond donors (Lipinski definition) is 1. The van der Waals surface area contributed by atoms with Crippen LogP contribution in [0.4, 0.5) is 4.39 Å². The molecule has 0 bridgehead atoms. The molecule has 0 unspecified atom stereocenters. The molecule has 0 saturated carbocycles. The van der Waals surface area contributed by atoms with E-state index in [2.05, 4.69) is 21.4 Å². The summed E-state index contributed by atoms with van der Waals surface area (Å²) in [6.45, 7) is 0.458. The fraction of sp³-hybridized carbons (Fsp3) is 0.0909. The van der Waals surface area contributed by atoms with E-state index < -0.39 is 0 Å². The molecule has 1 aromatic heterocycles. The van der Waals surface area contributed by atoms with Crippen molar-refractivity contribution in [2.75, 3.05) is 5.43 Å². The number of aromatic nitrogens is 1. The van der Waals surface area contributed by atoms with Gasteiger partial charge in [0.2, 0.25) is 0 Å². The number of rotatable bonds is 3. The molecular weight excluding hydrogens is 259 g/mol. The first-order valence-corrected chi connectivity index (χ1v) is 5.36. The van der Waals surface area contributed by atoms with Crippen molar-refractivity contribution in [3.05, 3.63) is 58.6 Å². The molecule has 0 aliphatic heterocycles. The Morgan fingerprint density at radius 2 is 2.00 bits per heavy atom. The molecule has 2 nitrogen and oxygen atoms in total. The Hall–Kier alpha value is -1.29. The van der Waals surface area contributed by atoms with E-state index in [4.69, 9.17) is 0 Å². The number of halogens is 2. The van der Waals surface area contributed by atoms with E-state index in [1.54, 1.807) is 16.8 Å². The summed E-state index contributed by atoms with van der Waals surface area (Å²) in [6, 6.07) is 8.73. The van der Waals surface area contributed by atoms with Crippen LogP contribution in [-0.4, -0.2) is 4.68 Å². The van der Waals surface area contributed by atoms with Gasteiger partial charge in [0.1, 0.15) is 5.82 Å². The maximum Gasteiger partial charge on any atom is 0.128 e. The average Bonchev–Trinajstić information content (AvgIpc) is 2.72. The summed E-state index contributed by atoms with van der Waals surface area (Å²) in [6.07, 6.45) is 3.74. The molecule has 0 saturated heterocycles. The summed E-state index contributed by atoms with van der Waals surface area (Å²) in [5.41, 5.74) is 3.70. The quantitative estimate of drug-likeness (QED) is 0.905. The van der Waals surface area contributed by atoms with Crippen LogP contribution in [0.5, 0.6) is 0 Å². The standard InChI is InChI=1S/C11H10BrFN2/c12-10-3-4-11(13)9(7-10)8-14-15-5-1-2-6-15/h1-7,14H,8H2. The smallest absolute Gasteiger partial charge is 0.128 e. The fourth-order valence-electron chi connectivity index (χ4n) is 1.30. The minimum Gasteiger partial charge on any atom is -0.322 e. The van der Waals surface area contributed by atoms with Crippen LogP contribution in [0.25, 0.3) is 0 Å². The first-order valence-electron chi connectivity index (χ1n) is 4.56. The zero-order valence-corrected chi connectivity index (χ0v) is 9.54. The largest absolute Gasteiger partial charge is 0.322 e. The SMILES string of the molecule is Fc1ccc(Br)cc1CNn1cccc1. The lowest BCUT2D eigenvalue weighted by Crippen LogP contribution is -2.12. The van der Waals surface area contributed by atoms with E-state index in [9.17, 15) is 4.39 Å². The zero-order chi connectivity index (χ0) is 10.7. The Bertz CT molecular complexity index is 440. The number of nitrogens with zero attached hydrogens (tertiary/aromatic N) is 1. The second kappa shape index (κ2) is 4.49. The second-order valence-corrected chi connectivity index (χ2v) is 4.08. The minimum atomic E-state index is -0.196. The van der Waals surface area contributed by atoms with Crippen LogP contribution in [0.3, 0.4) is 0 Å². The van der Waals surface area contributed by atoms with E-state index in [1.165, 1.54) is 6.07 Å². The van der Waals surface area contributed by atoms with E-state index >= 15 is 0 Å². The van der Waals surface area contributed by atoms with E-state index in [0.717, 1.165) is 4.47 Å². The first kappa shape index (κ1) is 10.2. The lowest BCUT2D eigenvalue weighted by molar-refractivity contribution is 0.608. The molecule has 0 aliphatic carbocycles. The molecule has 0 radical (unpaired) electrons. The number of benzene rings is 1. The highest BCUT2D eigenvalue weighted by atomic mass is 79.9. The monoisotopic (exact) mass is 268 g/mol. The summed E-state index contributed by atoms with van der Waals surface area (Å²) in [5.74, 6) is -0.196. The Balaban J connectivity index is 2.07. The molecule has 0 spiro atoms. The van der Waals surface area contributed by atoms with Crippen LogP contribution in [0, 0.1) is 5.82 Å². The molecule has 2 rings (SSSR count).